The number of benzene rings is 2. The van der Waals surface area contributed by atoms with E-state index in [-0.39, 0.29) is 18.1 Å². The lowest BCUT2D eigenvalue weighted by Crippen LogP contribution is -2.32. The van der Waals surface area contributed by atoms with Crippen molar-refractivity contribution >= 4 is 41.0 Å². The molecule has 0 aliphatic carbocycles. The molecule has 128 valence electrons. The second-order valence-corrected chi connectivity index (χ2v) is 6.27. The van der Waals surface area contributed by atoms with Gasteiger partial charge in [0, 0.05) is 10.0 Å². The Hall–Kier alpha value is -2.44. The van der Waals surface area contributed by atoms with Crippen molar-refractivity contribution in [1.82, 2.24) is 9.80 Å². The van der Waals surface area contributed by atoms with Crippen LogP contribution in [0.4, 0.5) is 9.18 Å². The Labute approximate surface area is 152 Å². The molecule has 0 aromatic heterocycles. The molecule has 0 saturated carbocycles. The van der Waals surface area contributed by atoms with Gasteiger partial charge in [-0.1, -0.05) is 41.4 Å². The third-order valence-corrected chi connectivity index (χ3v) is 4.32. The third kappa shape index (κ3) is 3.50. The van der Waals surface area contributed by atoms with Crippen LogP contribution >= 0.6 is 23.2 Å². The van der Waals surface area contributed by atoms with E-state index < -0.39 is 23.7 Å². The second-order valence-electron chi connectivity index (χ2n) is 5.43. The summed E-state index contributed by atoms with van der Waals surface area (Å²) in [6, 6.07) is 9.22. The number of carbonyl (C=O) groups excluding carboxylic acids is 3. The lowest BCUT2D eigenvalue weighted by atomic mass is 10.2. The first-order valence-electron chi connectivity index (χ1n) is 7.22. The topological polar surface area (TPSA) is 57.7 Å². The number of halogens is 3. The van der Waals surface area contributed by atoms with Crippen molar-refractivity contribution in [1.29, 1.82) is 0 Å². The van der Waals surface area contributed by atoms with E-state index in [1.165, 1.54) is 30.3 Å². The summed E-state index contributed by atoms with van der Waals surface area (Å²) in [5.74, 6) is -2.30. The van der Waals surface area contributed by atoms with Crippen molar-refractivity contribution in [3.8, 4) is 0 Å². The number of nitrogens with zero attached hydrogens (tertiary/aromatic N) is 2. The zero-order chi connectivity index (χ0) is 18.1. The van der Waals surface area contributed by atoms with Crippen LogP contribution in [0.25, 0.3) is 0 Å². The Morgan fingerprint density at radius 1 is 0.840 bits per heavy atom. The Morgan fingerprint density at radius 2 is 1.44 bits per heavy atom. The molecule has 0 radical (unpaired) electrons. The van der Waals surface area contributed by atoms with Crippen molar-refractivity contribution in [2.45, 2.75) is 13.1 Å². The van der Waals surface area contributed by atoms with Gasteiger partial charge in [-0.15, -0.1) is 0 Å². The average Bonchev–Trinajstić information content (AvgIpc) is 2.77. The molecule has 0 unspecified atom stereocenters. The van der Waals surface area contributed by atoms with Crippen LogP contribution in [-0.2, 0) is 22.7 Å². The van der Waals surface area contributed by atoms with E-state index >= 15 is 0 Å². The van der Waals surface area contributed by atoms with Crippen molar-refractivity contribution < 1.29 is 18.8 Å². The van der Waals surface area contributed by atoms with Gasteiger partial charge in [0.05, 0.1) is 13.1 Å². The first kappa shape index (κ1) is 17.4. The van der Waals surface area contributed by atoms with E-state index in [0.29, 0.717) is 16.1 Å². The summed E-state index contributed by atoms with van der Waals surface area (Å²) >= 11 is 11.9. The minimum absolute atomic E-state index is 0.117. The first-order chi connectivity index (χ1) is 11.9. The fraction of sp³-hybridized carbons (Fsp3) is 0.118. The van der Waals surface area contributed by atoms with Crippen LogP contribution in [0.15, 0.2) is 42.5 Å². The molecule has 2 aromatic rings. The van der Waals surface area contributed by atoms with E-state index in [0.717, 1.165) is 9.80 Å². The molecule has 1 aliphatic rings. The van der Waals surface area contributed by atoms with E-state index in [4.69, 9.17) is 23.2 Å². The SMILES string of the molecule is O=C1C(=O)N(Cc2ccc(Cl)cc2Cl)C(=O)N1Cc1ccc(F)cc1. The molecular weight excluding hydrogens is 370 g/mol. The quantitative estimate of drug-likeness (QED) is 0.601. The molecular formula is C17H11Cl2FN2O3. The maximum absolute atomic E-state index is 13.0. The highest BCUT2D eigenvalue weighted by atomic mass is 35.5. The Morgan fingerprint density at radius 3 is 2.04 bits per heavy atom. The molecule has 0 N–H and O–H groups in total. The molecule has 1 fully saturated rings. The van der Waals surface area contributed by atoms with E-state index in [1.54, 1.807) is 12.1 Å². The van der Waals surface area contributed by atoms with Crippen molar-refractivity contribution in [3.05, 3.63) is 69.5 Å². The summed E-state index contributed by atoms with van der Waals surface area (Å²) in [5, 5.41) is 0.708. The van der Waals surface area contributed by atoms with Crippen LogP contribution in [0.5, 0.6) is 0 Å². The molecule has 1 heterocycles. The smallest absolute Gasteiger partial charge is 0.263 e. The molecule has 2 aromatic carbocycles. The van der Waals surface area contributed by atoms with Crippen molar-refractivity contribution in [2.24, 2.45) is 0 Å². The summed E-state index contributed by atoms with van der Waals surface area (Å²) < 4.78 is 13.0. The number of urea groups is 1. The molecule has 1 saturated heterocycles. The summed E-state index contributed by atoms with van der Waals surface area (Å²) in [5.41, 5.74) is 1.02. The number of hydrogen-bond donors (Lipinski definition) is 0. The lowest BCUT2D eigenvalue weighted by Gasteiger charge is -2.16. The fourth-order valence-electron chi connectivity index (χ4n) is 2.42. The van der Waals surface area contributed by atoms with Crippen LogP contribution < -0.4 is 0 Å². The van der Waals surface area contributed by atoms with E-state index in [1.807, 2.05) is 0 Å². The maximum Gasteiger partial charge on any atom is 0.334 e. The first-order valence-corrected chi connectivity index (χ1v) is 7.98. The zero-order valence-electron chi connectivity index (χ0n) is 12.7. The van der Waals surface area contributed by atoms with Gasteiger partial charge in [0.1, 0.15) is 5.82 Å². The molecule has 0 bridgehead atoms. The molecule has 4 amide bonds. The van der Waals surface area contributed by atoms with Crippen molar-refractivity contribution in [3.63, 3.8) is 0 Å². The summed E-state index contributed by atoms with van der Waals surface area (Å²) in [6.45, 7) is -0.256. The molecule has 3 rings (SSSR count). The van der Waals surface area contributed by atoms with Gasteiger partial charge in [0.15, 0.2) is 0 Å². The van der Waals surface area contributed by atoms with Crippen LogP contribution in [0.2, 0.25) is 10.0 Å². The highest BCUT2D eigenvalue weighted by Crippen LogP contribution is 2.25. The van der Waals surface area contributed by atoms with Gasteiger partial charge in [0.2, 0.25) is 0 Å². The predicted molar refractivity (Wildman–Crippen MR) is 89.4 cm³/mol. The predicted octanol–water partition coefficient (Wildman–Crippen LogP) is 3.62. The zero-order valence-corrected chi connectivity index (χ0v) is 14.2. The maximum atomic E-state index is 13.0. The van der Waals surface area contributed by atoms with Gasteiger partial charge in [-0.2, -0.15) is 0 Å². The summed E-state index contributed by atoms with van der Waals surface area (Å²) in [7, 11) is 0. The largest absolute Gasteiger partial charge is 0.334 e. The van der Waals surface area contributed by atoms with E-state index in [9.17, 15) is 18.8 Å². The fourth-order valence-corrected chi connectivity index (χ4v) is 2.89. The van der Waals surface area contributed by atoms with Crippen LogP contribution in [-0.4, -0.2) is 27.6 Å². The van der Waals surface area contributed by atoms with Gasteiger partial charge in [-0.25, -0.2) is 9.18 Å². The van der Waals surface area contributed by atoms with Gasteiger partial charge >= 0.3 is 17.8 Å². The van der Waals surface area contributed by atoms with Crippen LogP contribution in [0, 0.1) is 5.82 Å². The van der Waals surface area contributed by atoms with Gasteiger partial charge in [0.25, 0.3) is 0 Å². The van der Waals surface area contributed by atoms with Crippen molar-refractivity contribution in [2.75, 3.05) is 0 Å². The summed E-state index contributed by atoms with van der Waals surface area (Å²) in [4.78, 5) is 38.3. The highest BCUT2D eigenvalue weighted by Gasteiger charge is 2.44. The van der Waals surface area contributed by atoms with Gasteiger partial charge < -0.3 is 0 Å². The number of carbonyl (C=O) groups is 3. The molecule has 25 heavy (non-hydrogen) atoms. The third-order valence-electron chi connectivity index (χ3n) is 3.73. The van der Waals surface area contributed by atoms with Crippen LogP contribution in [0.3, 0.4) is 0 Å². The Balaban J connectivity index is 1.80. The van der Waals surface area contributed by atoms with Gasteiger partial charge in [-0.05, 0) is 35.4 Å². The summed E-state index contributed by atoms with van der Waals surface area (Å²) in [6.07, 6.45) is 0. The molecule has 5 nitrogen and oxygen atoms in total. The number of amides is 4. The van der Waals surface area contributed by atoms with E-state index in [2.05, 4.69) is 0 Å². The highest BCUT2D eigenvalue weighted by molar-refractivity contribution is 6.44. The Kier molecular flexibility index (Phi) is 4.74. The van der Waals surface area contributed by atoms with Gasteiger partial charge in [-0.3, -0.25) is 19.4 Å². The van der Waals surface area contributed by atoms with Crippen LogP contribution in [0.1, 0.15) is 11.1 Å². The normalized spacial score (nSPS) is 14.6. The number of hydrogen-bond acceptors (Lipinski definition) is 3. The lowest BCUT2D eigenvalue weighted by molar-refractivity contribution is -0.143. The number of rotatable bonds is 4. The minimum atomic E-state index is -0.932. The molecule has 0 spiro atoms. The molecule has 0 atom stereocenters. The average molecular weight is 381 g/mol. The molecule has 1 aliphatic heterocycles. The monoisotopic (exact) mass is 380 g/mol. The molecule has 8 heteroatoms. The Bertz CT molecular complexity index is 871. The number of imide groups is 2. The second kappa shape index (κ2) is 6.82. The minimum Gasteiger partial charge on any atom is -0.263 e. The standard InChI is InChI=1S/C17H11Cl2FN2O3/c18-12-4-3-11(14(19)7-12)9-22-16(24)15(23)21(17(22)25)8-10-1-5-13(20)6-2-10/h1-7H,8-9H2.